The number of likely N-dealkylation sites (tertiary alicyclic amines) is 1. The second-order valence-corrected chi connectivity index (χ2v) is 8.06. The molecule has 0 radical (unpaired) electrons. The number of hydrogen-bond acceptors (Lipinski definition) is 6. The van der Waals surface area contributed by atoms with Gasteiger partial charge in [-0.3, -0.25) is 4.98 Å². The van der Waals surface area contributed by atoms with E-state index in [1.807, 2.05) is 0 Å². The van der Waals surface area contributed by atoms with Gasteiger partial charge in [0, 0.05) is 23.8 Å². The van der Waals surface area contributed by atoms with Crippen molar-refractivity contribution in [3.05, 3.63) is 65.9 Å². The molecule has 4 rings (SSSR count). The molecule has 1 aromatic heterocycles. The molecule has 2 aromatic carbocycles. The van der Waals surface area contributed by atoms with Crippen molar-refractivity contribution < 1.29 is 27.4 Å². The summed E-state index contributed by atoms with van der Waals surface area (Å²) in [5.74, 6) is -0.510. The van der Waals surface area contributed by atoms with Crippen LogP contribution in [-0.4, -0.2) is 55.3 Å². The van der Waals surface area contributed by atoms with Gasteiger partial charge >= 0.3 is 12.1 Å². The van der Waals surface area contributed by atoms with Gasteiger partial charge in [0.05, 0.1) is 35.5 Å². The van der Waals surface area contributed by atoms with E-state index in [1.54, 1.807) is 30.3 Å². The number of alkyl halides is 3. The summed E-state index contributed by atoms with van der Waals surface area (Å²) in [6.45, 7) is 4.14. The van der Waals surface area contributed by atoms with E-state index in [4.69, 9.17) is 9.47 Å². The fourth-order valence-electron chi connectivity index (χ4n) is 3.92. The molecule has 0 amide bonds. The maximum atomic E-state index is 13.0. The van der Waals surface area contributed by atoms with E-state index in [-0.39, 0.29) is 12.1 Å². The number of carbonyl (C=O) groups excluding carboxylic acids is 1. The molecular formula is C25H26F3N3O3. The van der Waals surface area contributed by atoms with E-state index in [2.05, 4.69) is 15.2 Å². The minimum absolute atomic E-state index is 0.131. The molecule has 3 aromatic rings. The smallest absolute Gasteiger partial charge is 0.416 e. The number of aromatic nitrogens is 1. The third kappa shape index (κ3) is 6.03. The normalized spacial score (nSPS) is 14.4. The van der Waals surface area contributed by atoms with Crippen LogP contribution in [0.3, 0.4) is 0 Å². The van der Waals surface area contributed by atoms with E-state index >= 15 is 0 Å². The minimum atomic E-state index is -4.45. The van der Waals surface area contributed by atoms with Crippen LogP contribution in [0.2, 0.25) is 0 Å². The Morgan fingerprint density at radius 2 is 1.79 bits per heavy atom. The number of benzene rings is 2. The van der Waals surface area contributed by atoms with Crippen molar-refractivity contribution in [1.82, 2.24) is 9.88 Å². The molecule has 0 saturated carbocycles. The lowest BCUT2D eigenvalue weighted by Gasteiger charge is -2.15. The van der Waals surface area contributed by atoms with Crippen molar-refractivity contribution >= 4 is 28.2 Å². The SMILES string of the molecule is O=C(OCCOCCN1CCCC1)c1ccccc1Nc1ccnc2cc(C(F)(F)F)ccc12. The van der Waals surface area contributed by atoms with Crippen LogP contribution in [-0.2, 0) is 15.7 Å². The van der Waals surface area contributed by atoms with Gasteiger partial charge in [-0.05, 0) is 56.3 Å². The summed E-state index contributed by atoms with van der Waals surface area (Å²) in [6, 6.07) is 11.8. The molecule has 0 atom stereocenters. The molecule has 0 aliphatic carbocycles. The van der Waals surface area contributed by atoms with Crippen molar-refractivity contribution in [2.24, 2.45) is 0 Å². The van der Waals surface area contributed by atoms with Crippen molar-refractivity contribution in [2.45, 2.75) is 19.0 Å². The molecule has 1 fully saturated rings. The number of nitrogens with one attached hydrogen (secondary N) is 1. The first-order chi connectivity index (χ1) is 16.4. The number of anilines is 2. The fourth-order valence-corrected chi connectivity index (χ4v) is 3.92. The molecule has 1 saturated heterocycles. The first-order valence-corrected chi connectivity index (χ1v) is 11.2. The summed E-state index contributed by atoms with van der Waals surface area (Å²) < 4.78 is 50.1. The third-order valence-electron chi connectivity index (χ3n) is 5.70. The molecule has 1 N–H and O–H groups in total. The maximum Gasteiger partial charge on any atom is 0.416 e. The Bertz CT molecular complexity index is 1130. The second-order valence-electron chi connectivity index (χ2n) is 8.06. The fraction of sp³-hybridized carbons (Fsp3) is 0.360. The number of para-hydroxylation sites is 1. The van der Waals surface area contributed by atoms with Gasteiger partial charge in [0.2, 0.25) is 0 Å². The van der Waals surface area contributed by atoms with Crippen LogP contribution in [0, 0.1) is 0 Å². The highest BCUT2D eigenvalue weighted by Crippen LogP contribution is 2.33. The largest absolute Gasteiger partial charge is 0.460 e. The lowest BCUT2D eigenvalue weighted by Crippen LogP contribution is -2.24. The lowest BCUT2D eigenvalue weighted by molar-refractivity contribution is -0.137. The summed E-state index contributed by atoms with van der Waals surface area (Å²) in [5, 5.41) is 3.64. The van der Waals surface area contributed by atoms with E-state index in [0.717, 1.165) is 31.8 Å². The number of rotatable bonds is 9. The highest BCUT2D eigenvalue weighted by atomic mass is 19.4. The van der Waals surface area contributed by atoms with Gasteiger partial charge < -0.3 is 19.7 Å². The number of hydrogen-bond donors (Lipinski definition) is 1. The monoisotopic (exact) mass is 473 g/mol. The van der Waals surface area contributed by atoms with Crippen LogP contribution in [0.1, 0.15) is 28.8 Å². The summed E-state index contributed by atoms with van der Waals surface area (Å²) in [7, 11) is 0. The number of halogens is 3. The Morgan fingerprint density at radius 1 is 1.00 bits per heavy atom. The molecule has 0 unspecified atom stereocenters. The molecule has 2 heterocycles. The first kappa shape index (κ1) is 24.0. The topological polar surface area (TPSA) is 63.7 Å². The van der Waals surface area contributed by atoms with Crippen molar-refractivity contribution in [2.75, 3.05) is 44.8 Å². The second kappa shape index (κ2) is 10.8. The van der Waals surface area contributed by atoms with Gasteiger partial charge in [0.1, 0.15) is 6.61 Å². The first-order valence-electron chi connectivity index (χ1n) is 11.2. The lowest BCUT2D eigenvalue weighted by atomic mass is 10.1. The van der Waals surface area contributed by atoms with E-state index < -0.39 is 17.7 Å². The van der Waals surface area contributed by atoms with Crippen LogP contribution in [0.4, 0.5) is 24.5 Å². The van der Waals surface area contributed by atoms with E-state index in [0.29, 0.717) is 35.5 Å². The summed E-state index contributed by atoms with van der Waals surface area (Å²) in [5.41, 5.74) is 0.762. The van der Waals surface area contributed by atoms with Gasteiger partial charge in [0.25, 0.3) is 0 Å². The van der Waals surface area contributed by atoms with Crippen LogP contribution in [0.15, 0.2) is 54.7 Å². The Kier molecular flexibility index (Phi) is 7.64. The van der Waals surface area contributed by atoms with Gasteiger partial charge in [-0.25, -0.2) is 4.79 Å². The molecule has 0 spiro atoms. The summed E-state index contributed by atoms with van der Waals surface area (Å²) in [4.78, 5) is 19.1. The van der Waals surface area contributed by atoms with Crippen molar-refractivity contribution in [1.29, 1.82) is 0 Å². The van der Waals surface area contributed by atoms with Crippen LogP contribution < -0.4 is 5.32 Å². The van der Waals surface area contributed by atoms with Crippen LogP contribution in [0.25, 0.3) is 10.9 Å². The molecule has 0 bridgehead atoms. The number of esters is 1. The Hall–Kier alpha value is -3.17. The Labute approximate surface area is 195 Å². The Balaban J connectivity index is 1.38. The Morgan fingerprint density at radius 3 is 2.59 bits per heavy atom. The van der Waals surface area contributed by atoms with Gasteiger partial charge in [-0.2, -0.15) is 13.2 Å². The van der Waals surface area contributed by atoms with Crippen molar-refractivity contribution in [3.63, 3.8) is 0 Å². The average molecular weight is 473 g/mol. The molecular weight excluding hydrogens is 447 g/mol. The standard InChI is InChI=1S/C25H26F3N3O3/c26-25(27,28)18-7-8-19-22(9-10-29-23(19)17-18)30-21-6-2-1-5-20(21)24(32)34-16-15-33-14-13-31-11-3-4-12-31/h1-2,5-10,17H,3-4,11-16H2,(H,29,30). The summed E-state index contributed by atoms with van der Waals surface area (Å²) >= 11 is 0. The number of pyridine rings is 1. The highest BCUT2D eigenvalue weighted by molar-refractivity contribution is 5.99. The van der Waals surface area contributed by atoms with Gasteiger partial charge in [-0.1, -0.05) is 18.2 Å². The number of carbonyl (C=O) groups is 1. The van der Waals surface area contributed by atoms with Crippen molar-refractivity contribution in [3.8, 4) is 0 Å². The quantitative estimate of drug-likeness (QED) is 0.338. The highest BCUT2D eigenvalue weighted by Gasteiger charge is 2.30. The van der Waals surface area contributed by atoms with E-state index in [9.17, 15) is 18.0 Å². The molecule has 180 valence electrons. The molecule has 6 nitrogen and oxygen atoms in total. The maximum absolute atomic E-state index is 13.0. The summed E-state index contributed by atoms with van der Waals surface area (Å²) in [6.07, 6.45) is -0.567. The zero-order chi connectivity index (χ0) is 24.0. The molecule has 9 heteroatoms. The zero-order valence-electron chi connectivity index (χ0n) is 18.6. The predicted molar refractivity (Wildman–Crippen MR) is 123 cm³/mol. The third-order valence-corrected chi connectivity index (χ3v) is 5.70. The minimum Gasteiger partial charge on any atom is -0.460 e. The predicted octanol–water partition coefficient (Wildman–Crippen LogP) is 5.27. The van der Waals surface area contributed by atoms with Gasteiger partial charge in [-0.15, -0.1) is 0 Å². The van der Waals surface area contributed by atoms with E-state index in [1.165, 1.54) is 25.1 Å². The molecule has 1 aliphatic heterocycles. The molecule has 34 heavy (non-hydrogen) atoms. The number of fused-ring (bicyclic) bond motifs is 1. The number of nitrogens with zero attached hydrogens (tertiary/aromatic N) is 2. The van der Waals surface area contributed by atoms with Crippen LogP contribution >= 0.6 is 0 Å². The van der Waals surface area contributed by atoms with Gasteiger partial charge in [0.15, 0.2) is 0 Å². The molecule has 1 aliphatic rings. The average Bonchev–Trinajstić information content (AvgIpc) is 3.34. The van der Waals surface area contributed by atoms with Crippen LogP contribution in [0.5, 0.6) is 0 Å². The zero-order valence-corrected chi connectivity index (χ0v) is 18.6. The number of ether oxygens (including phenoxy) is 2.